The van der Waals surface area contributed by atoms with Crippen LogP contribution in [0.15, 0.2) is 36.5 Å². The maximum Gasteiger partial charge on any atom is 0.303 e. The summed E-state index contributed by atoms with van der Waals surface area (Å²) in [5.41, 5.74) is 0. The lowest BCUT2D eigenvalue weighted by molar-refractivity contribution is -0.144. The molecule has 0 amide bonds. The molecule has 150 valence electrons. The van der Waals surface area contributed by atoms with Gasteiger partial charge in [0.15, 0.2) is 5.78 Å². The van der Waals surface area contributed by atoms with Crippen molar-refractivity contribution >= 4 is 17.7 Å². The zero-order valence-corrected chi connectivity index (χ0v) is 16.4. The molecule has 0 aromatic heterocycles. The van der Waals surface area contributed by atoms with E-state index >= 15 is 0 Å². The Labute approximate surface area is 162 Å². The van der Waals surface area contributed by atoms with Crippen LogP contribution in [-0.2, 0) is 19.1 Å². The smallest absolute Gasteiger partial charge is 0.303 e. The number of esters is 1. The van der Waals surface area contributed by atoms with Gasteiger partial charge in [0.25, 0.3) is 0 Å². The van der Waals surface area contributed by atoms with E-state index in [0.717, 1.165) is 25.7 Å². The Morgan fingerprint density at radius 3 is 2.70 bits per heavy atom. The summed E-state index contributed by atoms with van der Waals surface area (Å²) in [6.07, 6.45) is 17.2. The molecule has 0 unspecified atom stereocenters. The molecular weight excluding hydrogens is 344 g/mol. The number of hydrogen-bond donors (Lipinski definition) is 1. The highest BCUT2D eigenvalue weighted by Crippen LogP contribution is 2.28. The molecule has 27 heavy (non-hydrogen) atoms. The van der Waals surface area contributed by atoms with Gasteiger partial charge in [-0.05, 0) is 44.3 Å². The van der Waals surface area contributed by atoms with Crippen LogP contribution in [0.3, 0.4) is 0 Å². The van der Waals surface area contributed by atoms with Gasteiger partial charge in [-0.25, -0.2) is 0 Å². The third-order valence-corrected chi connectivity index (χ3v) is 4.59. The van der Waals surface area contributed by atoms with Crippen LogP contribution in [0.4, 0.5) is 0 Å². The van der Waals surface area contributed by atoms with E-state index in [4.69, 9.17) is 9.84 Å². The van der Waals surface area contributed by atoms with Gasteiger partial charge >= 0.3 is 11.9 Å². The van der Waals surface area contributed by atoms with Crippen molar-refractivity contribution in [1.82, 2.24) is 0 Å². The van der Waals surface area contributed by atoms with Crippen molar-refractivity contribution < 1.29 is 24.2 Å². The third kappa shape index (κ3) is 9.92. The molecule has 0 saturated heterocycles. The van der Waals surface area contributed by atoms with Crippen LogP contribution >= 0.6 is 0 Å². The van der Waals surface area contributed by atoms with Crippen LogP contribution in [0.25, 0.3) is 0 Å². The van der Waals surface area contributed by atoms with Gasteiger partial charge < -0.3 is 9.84 Å². The van der Waals surface area contributed by atoms with E-state index in [1.807, 2.05) is 30.4 Å². The monoisotopic (exact) mass is 376 g/mol. The van der Waals surface area contributed by atoms with Gasteiger partial charge in [0.05, 0.1) is 0 Å². The molecule has 0 heterocycles. The number of carboxylic acid groups (broad SMARTS) is 1. The van der Waals surface area contributed by atoms with Crippen LogP contribution in [-0.4, -0.2) is 28.9 Å². The third-order valence-electron chi connectivity index (χ3n) is 4.59. The number of carboxylic acids is 1. The Balaban J connectivity index is 2.55. The maximum atomic E-state index is 12.1. The first-order valence-electron chi connectivity index (χ1n) is 9.88. The summed E-state index contributed by atoms with van der Waals surface area (Å²) in [6, 6.07) is 0. The molecule has 0 saturated carbocycles. The Morgan fingerprint density at radius 2 is 2.04 bits per heavy atom. The number of rotatable bonds is 13. The maximum absolute atomic E-state index is 12.1. The van der Waals surface area contributed by atoms with E-state index < -0.39 is 5.97 Å². The summed E-state index contributed by atoms with van der Waals surface area (Å²) in [5.74, 6) is -1.10. The number of ether oxygens (including phenoxy) is 1. The first-order chi connectivity index (χ1) is 12.9. The van der Waals surface area contributed by atoms with E-state index in [1.54, 1.807) is 6.08 Å². The Kier molecular flexibility index (Phi) is 11.1. The SMILES string of the molecule is CCCCC[C@H](/C=C/[C@H]1C=CC(=O)[C@@H]1C/C=C\CCCC(=O)O)OC(C)=O. The molecule has 1 aliphatic carbocycles. The summed E-state index contributed by atoms with van der Waals surface area (Å²) < 4.78 is 5.37. The van der Waals surface area contributed by atoms with Gasteiger partial charge in [0, 0.05) is 25.2 Å². The Morgan fingerprint density at radius 1 is 1.26 bits per heavy atom. The highest BCUT2D eigenvalue weighted by molar-refractivity contribution is 5.95. The molecule has 1 N–H and O–H groups in total. The first-order valence-corrected chi connectivity index (χ1v) is 9.88. The number of carbonyl (C=O) groups excluding carboxylic acids is 2. The molecule has 1 aliphatic rings. The molecule has 0 radical (unpaired) electrons. The van der Waals surface area contributed by atoms with Crippen molar-refractivity contribution in [2.75, 3.05) is 0 Å². The van der Waals surface area contributed by atoms with E-state index in [1.165, 1.54) is 6.92 Å². The van der Waals surface area contributed by atoms with Crippen molar-refractivity contribution in [3.05, 3.63) is 36.5 Å². The lowest BCUT2D eigenvalue weighted by Gasteiger charge is -2.16. The molecule has 5 nitrogen and oxygen atoms in total. The number of hydrogen-bond acceptors (Lipinski definition) is 4. The summed E-state index contributed by atoms with van der Waals surface area (Å²) >= 11 is 0. The molecule has 0 aromatic rings. The minimum atomic E-state index is -0.787. The average molecular weight is 376 g/mol. The first kappa shape index (κ1) is 22.9. The predicted octanol–water partition coefficient (Wildman–Crippen LogP) is 4.63. The van der Waals surface area contributed by atoms with Crippen LogP contribution in [0.5, 0.6) is 0 Å². The van der Waals surface area contributed by atoms with E-state index in [-0.39, 0.29) is 36.1 Å². The van der Waals surface area contributed by atoms with Gasteiger partial charge in [-0.15, -0.1) is 0 Å². The van der Waals surface area contributed by atoms with E-state index in [9.17, 15) is 14.4 Å². The lowest BCUT2D eigenvalue weighted by Crippen LogP contribution is -2.16. The van der Waals surface area contributed by atoms with Crippen molar-refractivity contribution in [1.29, 1.82) is 0 Å². The minimum absolute atomic E-state index is 0.00500. The average Bonchev–Trinajstić information content (AvgIpc) is 2.95. The van der Waals surface area contributed by atoms with Crippen LogP contribution in [0.1, 0.15) is 65.2 Å². The minimum Gasteiger partial charge on any atom is -0.481 e. The number of allylic oxidation sites excluding steroid dienone is 5. The summed E-state index contributed by atoms with van der Waals surface area (Å²) in [7, 11) is 0. The fraction of sp³-hybridized carbons (Fsp3) is 0.591. The highest BCUT2D eigenvalue weighted by atomic mass is 16.5. The van der Waals surface area contributed by atoms with Gasteiger partial charge in [0.2, 0.25) is 0 Å². The van der Waals surface area contributed by atoms with Crippen LogP contribution < -0.4 is 0 Å². The zero-order valence-electron chi connectivity index (χ0n) is 16.4. The van der Waals surface area contributed by atoms with E-state index in [0.29, 0.717) is 19.3 Å². The fourth-order valence-corrected chi connectivity index (χ4v) is 3.11. The topological polar surface area (TPSA) is 80.7 Å². The van der Waals surface area contributed by atoms with Gasteiger partial charge in [-0.3, -0.25) is 14.4 Å². The normalized spacial score (nSPS) is 20.6. The fourth-order valence-electron chi connectivity index (χ4n) is 3.11. The molecule has 5 heteroatoms. The van der Waals surface area contributed by atoms with Gasteiger partial charge in [-0.2, -0.15) is 0 Å². The molecule has 0 spiro atoms. The molecule has 0 aliphatic heterocycles. The summed E-state index contributed by atoms with van der Waals surface area (Å²) in [4.78, 5) is 33.9. The number of carbonyl (C=O) groups is 3. The van der Waals surface area contributed by atoms with Crippen molar-refractivity contribution in [2.24, 2.45) is 11.8 Å². The second-order valence-corrected chi connectivity index (χ2v) is 6.97. The number of aliphatic carboxylic acids is 1. The van der Waals surface area contributed by atoms with Crippen molar-refractivity contribution in [3.63, 3.8) is 0 Å². The van der Waals surface area contributed by atoms with Crippen LogP contribution in [0, 0.1) is 11.8 Å². The molecule has 0 fully saturated rings. The second kappa shape index (κ2) is 13.1. The Hall–Kier alpha value is -2.17. The summed E-state index contributed by atoms with van der Waals surface area (Å²) in [6.45, 7) is 3.54. The lowest BCUT2D eigenvalue weighted by atomic mass is 9.90. The summed E-state index contributed by atoms with van der Waals surface area (Å²) in [5, 5.41) is 8.62. The number of ketones is 1. The standard InChI is InChI=1S/C22H32O5/c1-3-4-7-10-19(27-17(2)23)15-13-18-14-16-21(24)20(18)11-8-5-6-9-12-22(25)26/h5,8,13-16,18-20H,3-4,6-7,9-12H2,1-2H3,(H,25,26)/b8-5-,15-13+/t18-,19+,20+/m0/s1. The predicted molar refractivity (Wildman–Crippen MR) is 105 cm³/mol. The van der Waals surface area contributed by atoms with E-state index in [2.05, 4.69) is 6.92 Å². The quantitative estimate of drug-likeness (QED) is 0.288. The molecular formula is C22H32O5. The van der Waals surface area contributed by atoms with Gasteiger partial charge in [-0.1, -0.05) is 44.1 Å². The Bertz CT molecular complexity index is 573. The molecule has 0 bridgehead atoms. The van der Waals surface area contributed by atoms with Crippen molar-refractivity contribution in [2.45, 2.75) is 71.3 Å². The highest BCUT2D eigenvalue weighted by Gasteiger charge is 2.27. The largest absolute Gasteiger partial charge is 0.481 e. The van der Waals surface area contributed by atoms with Crippen LogP contribution in [0.2, 0.25) is 0 Å². The van der Waals surface area contributed by atoms with Gasteiger partial charge in [0.1, 0.15) is 6.10 Å². The molecule has 3 atom stereocenters. The zero-order chi connectivity index (χ0) is 20.1. The second-order valence-electron chi connectivity index (χ2n) is 6.97. The number of unbranched alkanes of at least 4 members (excludes halogenated alkanes) is 3. The molecule has 0 aromatic carbocycles. The van der Waals surface area contributed by atoms with Crippen molar-refractivity contribution in [3.8, 4) is 0 Å². The molecule has 1 rings (SSSR count).